The summed E-state index contributed by atoms with van der Waals surface area (Å²) in [6.07, 6.45) is 2.99. The molecular formula is C20H26IN3O3S. The Morgan fingerprint density at radius 1 is 1.14 bits per heavy atom. The lowest BCUT2D eigenvalue weighted by atomic mass is 10.1. The van der Waals surface area contributed by atoms with Gasteiger partial charge in [0.25, 0.3) is 0 Å². The van der Waals surface area contributed by atoms with Gasteiger partial charge in [-0.1, -0.05) is 30.3 Å². The van der Waals surface area contributed by atoms with Crippen molar-refractivity contribution in [1.29, 1.82) is 0 Å². The molecule has 1 atom stereocenters. The first-order valence-corrected chi connectivity index (χ1v) is 10.8. The van der Waals surface area contributed by atoms with Crippen molar-refractivity contribution in [2.24, 2.45) is 4.99 Å². The molecule has 0 aliphatic carbocycles. The normalized spacial score (nSPS) is 15.9. The number of hydrogen-bond acceptors (Lipinski definition) is 4. The Hall–Kier alpha value is -1.81. The number of rotatable bonds is 6. The lowest BCUT2D eigenvalue weighted by molar-refractivity contribution is 0.235. The van der Waals surface area contributed by atoms with Gasteiger partial charge in [-0.3, -0.25) is 4.99 Å². The molecule has 2 aromatic rings. The van der Waals surface area contributed by atoms with E-state index in [0.717, 1.165) is 30.1 Å². The van der Waals surface area contributed by atoms with E-state index >= 15 is 0 Å². The second kappa shape index (κ2) is 10.1. The maximum Gasteiger partial charge on any atom is 0.191 e. The molecular weight excluding hydrogens is 489 g/mol. The minimum atomic E-state index is -3.15. The van der Waals surface area contributed by atoms with E-state index in [0.29, 0.717) is 18.0 Å². The molecule has 152 valence electrons. The number of nitrogens with zero attached hydrogens (tertiary/aromatic N) is 1. The fourth-order valence-electron chi connectivity index (χ4n) is 3.03. The Labute approximate surface area is 183 Å². The number of aliphatic imine (C=N–C) groups is 1. The van der Waals surface area contributed by atoms with Crippen LogP contribution in [0.2, 0.25) is 0 Å². The first kappa shape index (κ1) is 22.5. The first-order chi connectivity index (χ1) is 13.0. The van der Waals surface area contributed by atoms with E-state index in [9.17, 15) is 8.42 Å². The van der Waals surface area contributed by atoms with Crippen molar-refractivity contribution in [3.8, 4) is 5.75 Å². The molecule has 0 radical (unpaired) electrons. The summed E-state index contributed by atoms with van der Waals surface area (Å²) in [5.41, 5.74) is 2.31. The SMILES string of the molecule is CN=C(NCCc1ccc(S(C)(=O)=O)cc1)NCC1Cc2ccccc2O1.I. The number of nitrogens with one attached hydrogen (secondary N) is 2. The summed E-state index contributed by atoms with van der Waals surface area (Å²) < 4.78 is 28.9. The number of guanidine groups is 1. The van der Waals surface area contributed by atoms with Gasteiger partial charge in [0, 0.05) is 26.3 Å². The highest BCUT2D eigenvalue weighted by atomic mass is 127. The summed E-state index contributed by atoms with van der Waals surface area (Å²) in [6.45, 7) is 1.38. The third-order valence-electron chi connectivity index (χ3n) is 4.49. The number of hydrogen-bond donors (Lipinski definition) is 2. The van der Waals surface area contributed by atoms with Crippen molar-refractivity contribution < 1.29 is 13.2 Å². The summed E-state index contributed by atoms with van der Waals surface area (Å²) in [4.78, 5) is 4.58. The highest BCUT2D eigenvalue weighted by Crippen LogP contribution is 2.27. The number of halogens is 1. The Morgan fingerprint density at radius 3 is 2.50 bits per heavy atom. The van der Waals surface area contributed by atoms with E-state index in [1.54, 1.807) is 19.2 Å². The molecule has 6 nitrogen and oxygen atoms in total. The molecule has 0 amide bonds. The molecule has 0 saturated carbocycles. The Kier molecular flexibility index (Phi) is 8.11. The molecule has 2 aromatic carbocycles. The second-order valence-corrected chi connectivity index (χ2v) is 8.61. The molecule has 28 heavy (non-hydrogen) atoms. The Bertz CT molecular complexity index is 890. The van der Waals surface area contributed by atoms with Crippen molar-refractivity contribution in [3.63, 3.8) is 0 Å². The largest absolute Gasteiger partial charge is 0.488 e. The van der Waals surface area contributed by atoms with Crippen molar-refractivity contribution in [2.45, 2.75) is 23.8 Å². The van der Waals surface area contributed by atoms with Crippen LogP contribution in [0.5, 0.6) is 5.75 Å². The van der Waals surface area contributed by atoms with Crippen LogP contribution >= 0.6 is 24.0 Å². The molecule has 1 aliphatic heterocycles. The lowest BCUT2D eigenvalue weighted by Crippen LogP contribution is -2.42. The van der Waals surface area contributed by atoms with Gasteiger partial charge in [-0.2, -0.15) is 0 Å². The van der Waals surface area contributed by atoms with E-state index < -0.39 is 9.84 Å². The number of para-hydroxylation sites is 1. The van der Waals surface area contributed by atoms with E-state index in [1.807, 2.05) is 30.3 Å². The smallest absolute Gasteiger partial charge is 0.191 e. The van der Waals surface area contributed by atoms with Crippen molar-refractivity contribution >= 4 is 39.8 Å². The molecule has 0 bridgehead atoms. The fourth-order valence-corrected chi connectivity index (χ4v) is 3.66. The molecule has 1 heterocycles. The van der Waals surface area contributed by atoms with Crippen LogP contribution in [0.4, 0.5) is 0 Å². The maximum atomic E-state index is 11.5. The van der Waals surface area contributed by atoms with Gasteiger partial charge in [0.1, 0.15) is 11.9 Å². The summed E-state index contributed by atoms with van der Waals surface area (Å²) >= 11 is 0. The number of fused-ring (bicyclic) bond motifs is 1. The summed E-state index contributed by atoms with van der Waals surface area (Å²) in [7, 11) is -1.41. The minimum Gasteiger partial charge on any atom is -0.488 e. The van der Waals surface area contributed by atoms with Gasteiger partial charge in [0.2, 0.25) is 0 Å². The van der Waals surface area contributed by atoms with Crippen LogP contribution < -0.4 is 15.4 Å². The Morgan fingerprint density at radius 2 is 1.86 bits per heavy atom. The van der Waals surface area contributed by atoms with Gasteiger partial charge in [-0.05, 0) is 35.7 Å². The van der Waals surface area contributed by atoms with E-state index in [1.165, 1.54) is 11.8 Å². The molecule has 3 rings (SSSR count). The fraction of sp³-hybridized carbons (Fsp3) is 0.350. The number of benzene rings is 2. The summed E-state index contributed by atoms with van der Waals surface area (Å²) in [5, 5.41) is 6.57. The van der Waals surface area contributed by atoms with Gasteiger partial charge < -0.3 is 15.4 Å². The molecule has 0 spiro atoms. The molecule has 0 aromatic heterocycles. The summed E-state index contributed by atoms with van der Waals surface area (Å²) in [6, 6.07) is 15.1. The van der Waals surface area contributed by atoms with Crippen molar-refractivity contribution in [2.75, 3.05) is 26.4 Å². The standard InChI is InChI=1S/C20H25N3O3S.HI/c1-21-20(23-14-17-13-16-5-3-4-6-19(16)26-17)22-12-11-15-7-9-18(10-8-15)27(2,24)25;/h3-10,17H,11-14H2,1-2H3,(H2,21,22,23);1H. The average Bonchev–Trinajstić information content (AvgIpc) is 3.07. The average molecular weight is 515 g/mol. The topological polar surface area (TPSA) is 79.8 Å². The van der Waals surface area contributed by atoms with E-state index in [2.05, 4.69) is 21.7 Å². The summed E-state index contributed by atoms with van der Waals surface area (Å²) in [5.74, 6) is 1.69. The van der Waals surface area contributed by atoms with Crippen LogP contribution in [-0.4, -0.2) is 46.9 Å². The molecule has 1 aliphatic rings. The third kappa shape index (κ3) is 6.10. The quantitative estimate of drug-likeness (QED) is 0.351. The predicted octanol–water partition coefficient (Wildman–Crippen LogP) is 2.42. The highest BCUT2D eigenvalue weighted by Gasteiger charge is 2.22. The number of sulfone groups is 1. The zero-order valence-electron chi connectivity index (χ0n) is 16.0. The van der Waals surface area contributed by atoms with Gasteiger partial charge >= 0.3 is 0 Å². The third-order valence-corrected chi connectivity index (χ3v) is 5.62. The predicted molar refractivity (Wildman–Crippen MR) is 123 cm³/mol. The van der Waals surface area contributed by atoms with Crippen LogP contribution in [0.15, 0.2) is 58.4 Å². The zero-order valence-corrected chi connectivity index (χ0v) is 19.2. The van der Waals surface area contributed by atoms with Crippen LogP contribution in [0.25, 0.3) is 0 Å². The van der Waals surface area contributed by atoms with Gasteiger partial charge in [-0.25, -0.2) is 8.42 Å². The lowest BCUT2D eigenvalue weighted by Gasteiger charge is -2.15. The first-order valence-electron chi connectivity index (χ1n) is 8.94. The monoisotopic (exact) mass is 515 g/mol. The molecule has 0 fully saturated rings. The van der Waals surface area contributed by atoms with Crippen LogP contribution in [0.3, 0.4) is 0 Å². The molecule has 1 unspecified atom stereocenters. The van der Waals surface area contributed by atoms with Gasteiger partial charge in [0.15, 0.2) is 15.8 Å². The number of ether oxygens (including phenoxy) is 1. The highest BCUT2D eigenvalue weighted by molar-refractivity contribution is 14.0. The molecule has 8 heteroatoms. The van der Waals surface area contributed by atoms with Gasteiger partial charge in [0.05, 0.1) is 11.4 Å². The zero-order chi connectivity index (χ0) is 19.3. The molecule has 0 saturated heterocycles. The minimum absolute atomic E-state index is 0. The van der Waals surface area contributed by atoms with E-state index in [4.69, 9.17) is 4.74 Å². The van der Waals surface area contributed by atoms with Crippen LogP contribution in [-0.2, 0) is 22.7 Å². The van der Waals surface area contributed by atoms with Crippen molar-refractivity contribution in [1.82, 2.24) is 10.6 Å². The second-order valence-electron chi connectivity index (χ2n) is 6.60. The van der Waals surface area contributed by atoms with E-state index in [-0.39, 0.29) is 30.1 Å². The van der Waals surface area contributed by atoms with Crippen LogP contribution in [0, 0.1) is 0 Å². The van der Waals surface area contributed by atoms with Crippen molar-refractivity contribution in [3.05, 3.63) is 59.7 Å². The van der Waals surface area contributed by atoms with Gasteiger partial charge in [-0.15, -0.1) is 24.0 Å². The van der Waals surface area contributed by atoms with Crippen LogP contribution in [0.1, 0.15) is 11.1 Å². The maximum absolute atomic E-state index is 11.5. The Balaban J connectivity index is 0.00000280. The molecule has 2 N–H and O–H groups in total.